The molecular formula is C35H38ClN3O4S. The molecule has 4 aromatic rings. The van der Waals surface area contributed by atoms with E-state index in [1.165, 1.54) is 17.0 Å². The zero-order chi connectivity index (χ0) is 31.9. The van der Waals surface area contributed by atoms with Gasteiger partial charge < -0.3 is 10.2 Å². The second kappa shape index (κ2) is 14.6. The molecule has 0 aromatic heterocycles. The standard InChI is InChI=1S/C35H38ClN3O4S/c1-25(2)37-35(41)33(22-28-13-7-5-8-14-28)38(23-29-18-20-30(36)21-19-29)34(40)24-39(32-17-11-12-26(3)27(32)4)44(42,43)31-15-9-6-10-16-31/h5-21,25,33H,22-24H2,1-4H3,(H,37,41)/t33-/m1/s1. The first-order chi connectivity index (χ1) is 21.0. The summed E-state index contributed by atoms with van der Waals surface area (Å²) in [7, 11) is -4.16. The molecule has 0 unspecified atom stereocenters. The molecule has 0 radical (unpaired) electrons. The van der Waals surface area contributed by atoms with Gasteiger partial charge in [-0.05, 0) is 80.3 Å². The number of hydrogen-bond acceptors (Lipinski definition) is 4. The number of carbonyl (C=O) groups excluding carboxylic acids is 2. The zero-order valence-electron chi connectivity index (χ0n) is 25.4. The third-order valence-corrected chi connectivity index (χ3v) is 9.45. The van der Waals surface area contributed by atoms with Crippen LogP contribution in [0.1, 0.15) is 36.1 Å². The normalized spacial score (nSPS) is 12.0. The number of halogens is 1. The smallest absolute Gasteiger partial charge is 0.264 e. The first-order valence-electron chi connectivity index (χ1n) is 14.5. The highest BCUT2D eigenvalue weighted by molar-refractivity contribution is 7.92. The number of benzene rings is 4. The number of sulfonamides is 1. The number of amides is 2. The summed E-state index contributed by atoms with van der Waals surface area (Å²) in [6, 6.07) is 28.9. The van der Waals surface area contributed by atoms with E-state index in [0.717, 1.165) is 26.6 Å². The van der Waals surface area contributed by atoms with Gasteiger partial charge in [0.05, 0.1) is 10.6 Å². The van der Waals surface area contributed by atoms with Crippen LogP contribution in [0.2, 0.25) is 5.02 Å². The lowest BCUT2D eigenvalue weighted by molar-refractivity contribution is -0.140. The third kappa shape index (κ3) is 8.07. The lowest BCUT2D eigenvalue weighted by atomic mass is 10.0. The van der Waals surface area contributed by atoms with E-state index in [4.69, 9.17) is 11.6 Å². The fourth-order valence-electron chi connectivity index (χ4n) is 4.96. The van der Waals surface area contributed by atoms with Gasteiger partial charge in [-0.1, -0.05) is 84.4 Å². The van der Waals surface area contributed by atoms with Crippen LogP contribution in [-0.2, 0) is 32.6 Å². The molecule has 4 aromatic carbocycles. The molecule has 0 fully saturated rings. The largest absolute Gasteiger partial charge is 0.352 e. The highest BCUT2D eigenvalue weighted by Gasteiger charge is 2.35. The molecule has 0 saturated carbocycles. The summed E-state index contributed by atoms with van der Waals surface area (Å²) in [4.78, 5) is 29.8. The molecule has 0 heterocycles. The van der Waals surface area contributed by atoms with Gasteiger partial charge in [-0.3, -0.25) is 13.9 Å². The molecule has 9 heteroatoms. The van der Waals surface area contributed by atoms with Crippen LogP contribution in [0.4, 0.5) is 5.69 Å². The molecule has 1 N–H and O–H groups in total. The number of aryl methyl sites for hydroxylation is 1. The minimum absolute atomic E-state index is 0.0661. The molecule has 230 valence electrons. The van der Waals surface area contributed by atoms with E-state index in [9.17, 15) is 18.0 Å². The minimum Gasteiger partial charge on any atom is -0.352 e. The topological polar surface area (TPSA) is 86.8 Å². The van der Waals surface area contributed by atoms with Gasteiger partial charge in [0.15, 0.2) is 0 Å². The van der Waals surface area contributed by atoms with E-state index in [1.807, 2.05) is 64.1 Å². The monoisotopic (exact) mass is 631 g/mol. The Kier molecular flexibility index (Phi) is 10.8. The van der Waals surface area contributed by atoms with Crippen LogP contribution in [-0.4, -0.2) is 43.8 Å². The number of nitrogens with one attached hydrogen (secondary N) is 1. The third-order valence-electron chi connectivity index (χ3n) is 7.42. The predicted molar refractivity (Wildman–Crippen MR) is 176 cm³/mol. The molecule has 0 bridgehead atoms. The van der Waals surface area contributed by atoms with Gasteiger partial charge in [-0.2, -0.15) is 0 Å². The number of carbonyl (C=O) groups is 2. The number of rotatable bonds is 12. The van der Waals surface area contributed by atoms with Crippen molar-refractivity contribution in [2.75, 3.05) is 10.8 Å². The van der Waals surface area contributed by atoms with Gasteiger partial charge >= 0.3 is 0 Å². The maximum atomic E-state index is 14.5. The summed E-state index contributed by atoms with van der Waals surface area (Å²) >= 11 is 6.14. The van der Waals surface area contributed by atoms with Gasteiger partial charge in [0.1, 0.15) is 12.6 Å². The maximum Gasteiger partial charge on any atom is 0.264 e. The number of nitrogens with zero attached hydrogens (tertiary/aromatic N) is 2. The van der Waals surface area contributed by atoms with Crippen LogP contribution in [0.25, 0.3) is 0 Å². The molecule has 0 aliphatic heterocycles. The van der Waals surface area contributed by atoms with Crippen molar-refractivity contribution in [1.82, 2.24) is 10.2 Å². The Morgan fingerprint density at radius 3 is 2.02 bits per heavy atom. The first kappa shape index (κ1) is 32.8. The molecule has 44 heavy (non-hydrogen) atoms. The highest BCUT2D eigenvalue weighted by Crippen LogP contribution is 2.29. The van der Waals surface area contributed by atoms with E-state index in [2.05, 4.69) is 5.32 Å². The van der Waals surface area contributed by atoms with Crippen molar-refractivity contribution in [3.8, 4) is 0 Å². The molecule has 2 amide bonds. The Bertz CT molecular complexity index is 1680. The van der Waals surface area contributed by atoms with Gasteiger partial charge in [0.2, 0.25) is 11.8 Å². The Morgan fingerprint density at radius 1 is 0.795 bits per heavy atom. The van der Waals surface area contributed by atoms with Crippen LogP contribution in [0.5, 0.6) is 0 Å². The average Bonchev–Trinajstić information content (AvgIpc) is 3.00. The maximum absolute atomic E-state index is 14.5. The summed E-state index contributed by atoms with van der Waals surface area (Å²) in [5.41, 5.74) is 3.65. The second-order valence-corrected chi connectivity index (χ2v) is 13.4. The fourth-order valence-corrected chi connectivity index (χ4v) is 6.58. The first-order valence-corrected chi connectivity index (χ1v) is 16.3. The van der Waals surface area contributed by atoms with E-state index in [-0.39, 0.29) is 29.8 Å². The minimum atomic E-state index is -4.16. The Hall–Kier alpha value is -4.14. The van der Waals surface area contributed by atoms with E-state index in [1.54, 1.807) is 54.6 Å². The SMILES string of the molecule is Cc1cccc(N(CC(=O)N(Cc2ccc(Cl)cc2)[C@H](Cc2ccccc2)C(=O)NC(C)C)S(=O)(=O)c2ccccc2)c1C. The average molecular weight is 632 g/mol. The molecule has 4 rings (SSSR count). The van der Waals surface area contributed by atoms with Crippen LogP contribution in [0.3, 0.4) is 0 Å². The molecular weight excluding hydrogens is 594 g/mol. The van der Waals surface area contributed by atoms with Crippen molar-refractivity contribution in [2.45, 2.75) is 57.6 Å². The van der Waals surface area contributed by atoms with Crippen LogP contribution in [0.15, 0.2) is 108 Å². The highest BCUT2D eigenvalue weighted by atomic mass is 35.5. The summed E-state index contributed by atoms with van der Waals surface area (Å²) in [5.74, 6) is -0.837. The van der Waals surface area contributed by atoms with Crippen molar-refractivity contribution in [1.29, 1.82) is 0 Å². The van der Waals surface area contributed by atoms with Crippen LogP contribution < -0.4 is 9.62 Å². The predicted octanol–water partition coefficient (Wildman–Crippen LogP) is 6.32. The molecule has 0 saturated heterocycles. The summed E-state index contributed by atoms with van der Waals surface area (Å²) in [6.07, 6.45) is 0.244. The molecule has 0 spiro atoms. The van der Waals surface area contributed by atoms with Gasteiger partial charge in [-0.15, -0.1) is 0 Å². The Morgan fingerprint density at radius 2 is 1.41 bits per heavy atom. The van der Waals surface area contributed by atoms with Crippen molar-refractivity contribution < 1.29 is 18.0 Å². The Labute approximate surface area is 265 Å². The van der Waals surface area contributed by atoms with Crippen molar-refractivity contribution in [2.24, 2.45) is 0 Å². The van der Waals surface area contributed by atoms with Crippen molar-refractivity contribution in [3.05, 3.63) is 130 Å². The lowest BCUT2D eigenvalue weighted by Crippen LogP contribution is -2.54. The summed E-state index contributed by atoms with van der Waals surface area (Å²) in [6.45, 7) is 7.02. The van der Waals surface area contributed by atoms with Crippen LogP contribution in [0, 0.1) is 13.8 Å². The second-order valence-electron chi connectivity index (χ2n) is 11.1. The quantitative estimate of drug-likeness (QED) is 0.198. The van der Waals surface area contributed by atoms with E-state index < -0.39 is 28.5 Å². The zero-order valence-corrected chi connectivity index (χ0v) is 27.0. The lowest BCUT2D eigenvalue weighted by Gasteiger charge is -2.34. The molecule has 0 aliphatic rings. The molecule has 1 atom stereocenters. The summed E-state index contributed by atoms with van der Waals surface area (Å²) in [5, 5.41) is 3.51. The summed E-state index contributed by atoms with van der Waals surface area (Å²) < 4.78 is 29.5. The van der Waals surface area contributed by atoms with Gasteiger partial charge in [-0.25, -0.2) is 8.42 Å². The molecule has 0 aliphatic carbocycles. The van der Waals surface area contributed by atoms with Gasteiger partial charge in [0, 0.05) is 24.0 Å². The van der Waals surface area contributed by atoms with Crippen molar-refractivity contribution in [3.63, 3.8) is 0 Å². The van der Waals surface area contributed by atoms with Gasteiger partial charge in [0.25, 0.3) is 10.0 Å². The number of anilines is 1. The number of hydrogen-bond donors (Lipinski definition) is 1. The Balaban J connectivity index is 1.82. The van der Waals surface area contributed by atoms with E-state index >= 15 is 0 Å². The van der Waals surface area contributed by atoms with Crippen molar-refractivity contribution >= 4 is 39.1 Å². The molecule has 7 nitrogen and oxygen atoms in total. The van der Waals surface area contributed by atoms with Crippen LogP contribution >= 0.6 is 11.6 Å². The van der Waals surface area contributed by atoms with E-state index in [0.29, 0.717) is 10.7 Å². The fraction of sp³-hybridized carbons (Fsp3) is 0.257.